The van der Waals surface area contributed by atoms with Crippen LogP contribution >= 0.6 is 0 Å². The van der Waals surface area contributed by atoms with E-state index in [9.17, 15) is 14.0 Å². The molecule has 4 rings (SSSR count). The molecule has 0 aromatic heterocycles. The van der Waals surface area contributed by atoms with E-state index in [-0.39, 0.29) is 18.2 Å². The third-order valence-electron chi connectivity index (χ3n) is 6.52. The van der Waals surface area contributed by atoms with Crippen molar-refractivity contribution >= 4 is 11.8 Å². The number of halogens is 1. The first-order valence-electron chi connectivity index (χ1n) is 11.9. The van der Waals surface area contributed by atoms with E-state index in [1.165, 1.54) is 12.1 Å². The van der Waals surface area contributed by atoms with Crippen molar-refractivity contribution < 1.29 is 18.7 Å². The Bertz CT molecular complexity index is 1140. The number of piperidine rings is 1. The number of carbonyl (C=O) groups excluding carboxylic acids is 2. The molecule has 0 radical (unpaired) electrons. The maximum Gasteiger partial charge on any atom is 0.253 e. The molecular weight excluding hydrogens is 443 g/mol. The summed E-state index contributed by atoms with van der Waals surface area (Å²) in [6.07, 6.45) is 1.77. The van der Waals surface area contributed by atoms with Crippen molar-refractivity contribution in [2.75, 3.05) is 26.7 Å². The molecule has 1 fully saturated rings. The lowest BCUT2D eigenvalue weighted by Gasteiger charge is -2.43. The smallest absolute Gasteiger partial charge is 0.253 e. The monoisotopic (exact) mass is 474 g/mol. The summed E-state index contributed by atoms with van der Waals surface area (Å²) < 4.78 is 19.9. The molecule has 35 heavy (non-hydrogen) atoms. The highest BCUT2D eigenvalue weighted by Gasteiger charge is 2.40. The maximum atomic E-state index is 13.8. The largest absolute Gasteiger partial charge is 0.493 e. The number of nitrogens with zero attached hydrogens (tertiary/aromatic N) is 2. The topological polar surface area (TPSA) is 49.9 Å². The van der Waals surface area contributed by atoms with Crippen LogP contribution in [-0.2, 0) is 11.3 Å². The summed E-state index contributed by atoms with van der Waals surface area (Å²) in [6.45, 7) is 1.77. The molecular formula is C29H31FN2O3. The van der Waals surface area contributed by atoms with Crippen LogP contribution in [0.4, 0.5) is 4.39 Å². The highest BCUT2D eigenvalue weighted by molar-refractivity contribution is 5.94. The van der Waals surface area contributed by atoms with Gasteiger partial charge in [0.1, 0.15) is 11.6 Å². The van der Waals surface area contributed by atoms with Crippen molar-refractivity contribution in [1.82, 2.24) is 9.80 Å². The standard InChI is InChI=1S/C29H31FN2O3/c1-31(20-23-10-4-2-5-11-23)27(33)19-29(22-35-26-14-6-3-7-15-26)16-9-17-32(21-29)28(34)24-12-8-13-25(30)18-24/h2-8,10-15,18H,9,16-17,19-22H2,1H3/t29-/m1/s1. The van der Waals surface area contributed by atoms with Gasteiger partial charge in [-0.2, -0.15) is 0 Å². The summed E-state index contributed by atoms with van der Waals surface area (Å²) in [6, 6.07) is 25.1. The molecule has 1 aliphatic rings. The fourth-order valence-electron chi connectivity index (χ4n) is 4.65. The van der Waals surface area contributed by atoms with Crippen LogP contribution in [-0.4, -0.2) is 48.4 Å². The lowest BCUT2D eigenvalue weighted by atomic mass is 9.77. The molecule has 3 aromatic carbocycles. The van der Waals surface area contributed by atoms with Crippen molar-refractivity contribution in [3.05, 3.63) is 102 Å². The van der Waals surface area contributed by atoms with Crippen LogP contribution in [0, 0.1) is 11.2 Å². The predicted molar refractivity (Wildman–Crippen MR) is 133 cm³/mol. The molecule has 0 saturated carbocycles. The van der Waals surface area contributed by atoms with E-state index in [1.807, 2.05) is 60.7 Å². The van der Waals surface area contributed by atoms with E-state index < -0.39 is 11.2 Å². The fraction of sp³-hybridized carbons (Fsp3) is 0.310. The number of carbonyl (C=O) groups is 2. The van der Waals surface area contributed by atoms with Gasteiger partial charge in [-0.05, 0) is 48.7 Å². The Balaban J connectivity index is 1.52. The van der Waals surface area contributed by atoms with Gasteiger partial charge in [-0.1, -0.05) is 54.6 Å². The summed E-state index contributed by atoms with van der Waals surface area (Å²) in [5.41, 5.74) is 0.834. The van der Waals surface area contributed by atoms with E-state index in [0.717, 1.165) is 24.2 Å². The maximum absolute atomic E-state index is 13.8. The van der Waals surface area contributed by atoms with Gasteiger partial charge in [0.2, 0.25) is 5.91 Å². The summed E-state index contributed by atoms with van der Waals surface area (Å²) in [5.74, 6) is 0.0683. The lowest BCUT2D eigenvalue weighted by Crippen LogP contribution is -2.50. The molecule has 0 bridgehead atoms. The van der Waals surface area contributed by atoms with E-state index >= 15 is 0 Å². The molecule has 2 amide bonds. The number of rotatable bonds is 8. The Morgan fingerprint density at radius 2 is 1.71 bits per heavy atom. The first-order chi connectivity index (χ1) is 16.9. The summed E-state index contributed by atoms with van der Waals surface area (Å²) in [5, 5.41) is 0. The number of hydrogen-bond acceptors (Lipinski definition) is 3. The molecule has 6 heteroatoms. The molecule has 1 atom stereocenters. The molecule has 5 nitrogen and oxygen atoms in total. The number of ether oxygens (including phenoxy) is 1. The van der Waals surface area contributed by atoms with E-state index in [4.69, 9.17) is 4.74 Å². The molecule has 0 N–H and O–H groups in total. The fourth-order valence-corrected chi connectivity index (χ4v) is 4.65. The van der Waals surface area contributed by atoms with Gasteiger partial charge >= 0.3 is 0 Å². The Labute approximate surface area is 206 Å². The molecule has 1 heterocycles. The van der Waals surface area contributed by atoms with Crippen LogP contribution < -0.4 is 4.74 Å². The summed E-state index contributed by atoms with van der Waals surface area (Å²) in [7, 11) is 1.81. The minimum atomic E-state index is -0.543. The van der Waals surface area contributed by atoms with Gasteiger partial charge in [0.15, 0.2) is 0 Å². The number of hydrogen-bond donors (Lipinski definition) is 0. The molecule has 3 aromatic rings. The normalized spacial score (nSPS) is 17.6. The highest BCUT2D eigenvalue weighted by atomic mass is 19.1. The van der Waals surface area contributed by atoms with E-state index in [2.05, 4.69) is 0 Å². The van der Waals surface area contributed by atoms with Crippen molar-refractivity contribution in [2.24, 2.45) is 5.41 Å². The summed E-state index contributed by atoms with van der Waals surface area (Å²) >= 11 is 0. The average molecular weight is 475 g/mol. The number of benzene rings is 3. The second-order valence-corrected chi connectivity index (χ2v) is 9.35. The van der Waals surface area contributed by atoms with Crippen LogP contribution in [0.3, 0.4) is 0 Å². The highest BCUT2D eigenvalue weighted by Crippen LogP contribution is 2.36. The number of para-hydroxylation sites is 1. The summed E-state index contributed by atoms with van der Waals surface area (Å²) in [4.78, 5) is 30.0. The zero-order chi connectivity index (χ0) is 24.7. The molecule has 0 spiro atoms. The Morgan fingerprint density at radius 3 is 2.43 bits per heavy atom. The van der Waals surface area contributed by atoms with Crippen molar-refractivity contribution in [3.8, 4) is 5.75 Å². The first-order valence-corrected chi connectivity index (χ1v) is 11.9. The minimum Gasteiger partial charge on any atom is -0.493 e. The van der Waals surface area contributed by atoms with Gasteiger partial charge in [0.05, 0.1) is 6.61 Å². The van der Waals surface area contributed by atoms with Crippen LogP contribution in [0.2, 0.25) is 0 Å². The van der Waals surface area contributed by atoms with Crippen LogP contribution in [0.5, 0.6) is 5.75 Å². The minimum absolute atomic E-state index is 0.00516. The number of likely N-dealkylation sites (tertiary alicyclic amines) is 1. The predicted octanol–water partition coefficient (Wildman–Crippen LogP) is 5.18. The zero-order valence-electron chi connectivity index (χ0n) is 20.0. The van der Waals surface area contributed by atoms with Crippen molar-refractivity contribution in [3.63, 3.8) is 0 Å². The van der Waals surface area contributed by atoms with Gasteiger partial charge in [-0.3, -0.25) is 9.59 Å². The quantitative estimate of drug-likeness (QED) is 0.452. The zero-order valence-corrected chi connectivity index (χ0v) is 20.0. The van der Waals surface area contributed by atoms with Crippen LogP contribution in [0.15, 0.2) is 84.9 Å². The Kier molecular flexibility index (Phi) is 7.80. The third kappa shape index (κ3) is 6.47. The van der Waals surface area contributed by atoms with Gasteiger partial charge in [0, 0.05) is 44.1 Å². The van der Waals surface area contributed by atoms with Gasteiger partial charge in [-0.15, -0.1) is 0 Å². The Morgan fingerprint density at radius 1 is 1.00 bits per heavy atom. The van der Waals surface area contributed by atoms with Crippen molar-refractivity contribution in [2.45, 2.75) is 25.8 Å². The van der Waals surface area contributed by atoms with Gasteiger partial charge in [-0.25, -0.2) is 4.39 Å². The molecule has 182 valence electrons. The molecule has 1 saturated heterocycles. The van der Waals surface area contributed by atoms with Gasteiger partial charge in [0.25, 0.3) is 5.91 Å². The van der Waals surface area contributed by atoms with E-state index in [0.29, 0.717) is 31.8 Å². The Hall–Kier alpha value is -3.67. The van der Waals surface area contributed by atoms with Crippen LogP contribution in [0.1, 0.15) is 35.2 Å². The second kappa shape index (κ2) is 11.2. The lowest BCUT2D eigenvalue weighted by molar-refractivity contribution is -0.134. The third-order valence-corrected chi connectivity index (χ3v) is 6.52. The number of amides is 2. The van der Waals surface area contributed by atoms with Gasteiger partial charge < -0.3 is 14.5 Å². The SMILES string of the molecule is CN(Cc1ccccc1)C(=O)C[C@]1(COc2ccccc2)CCCN(C(=O)c2cccc(F)c2)C1. The second-order valence-electron chi connectivity index (χ2n) is 9.35. The van der Waals surface area contributed by atoms with Crippen LogP contribution in [0.25, 0.3) is 0 Å². The van der Waals surface area contributed by atoms with E-state index in [1.54, 1.807) is 29.0 Å². The average Bonchev–Trinajstić information content (AvgIpc) is 2.88. The molecule has 1 aliphatic heterocycles. The first kappa shape index (κ1) is 24.5. The molecule has 0 aliphatic carbocycles. The van der Waals surface area contributed by atoms with Crippen molar-refractivity contribution in [1.29, 1.82) is 0 Å². The molecule has 0 unspecified atom stereocenters.